The van der Waals surface area contributed by atoms with Gasteiger partial charge in [0.05, 0.1) is 36.7 Å². The van der Waals surface area contributed by atoms with Crippen LogP contribution in [0, 0.1) is 0 Å². The molecule has 3 aromatic heterocycles. The second-order valence-electron chi connectivity index (χ2n) is 12.8. The van der Waals surface area contributed by atoms with E-state index in [1.165, 1.54) is 7.11 Å². The van der Waals surface area contributed by atoms with Crippen molar-refractivity contribution in [1.82, 2.24) is 30.9 Å². The number of pyridine rings is 3. The third kappa shape index (κ3) is 8.25. The summed E-state index contributed by atoms with van der Waals surface area (Å²) < 4.78 is 59.9. The van der Waals surface area contributed by atoms with E-state index in [-0.39, 0.29) is 36.5 Å². The van der Waals surface area contributed by atoms with Gasteiger partial charge in [0.25, 0.3) is 0 Å². The third-order valence-electron chi connectivity index (χ3n) is 9.09. The van der Waals surface area contributed by atoms with Gasteiger partial charge in [-0.05, 0) is 55.5 Å². The van der Waals surface area contributed by atoms with Crippen molar-refractivity contribution < 1.29 is 37.3 Å². The van der Waals surface area contributed by atoms with E-state index in [1.807, 2.05) is 24.3 Å². The monoisotopic (exact) mass is 740 g/mol. The third-order valence-corrected chi connectivity index (χ3v) is 9.48. The van der Waals surface area contributed by atoms with Crippen LogP contribution in [-0.2, 0) is 30.5 Å². The SMILES string of the molecule is COc1nc(-c2ccnc(-c3cccc4c3CC[C@H]4Oc3nc(OC)c(CNC[C@@H](C)O)cc3C(F)(F)F)c2Cl)ccc1CNC[C@@H]1CCC(=O)N1. The fraction of sp³-hybridized carbons (Fsp3) is 0.405. The lowest BCUT2D eigenvalue weighted by Gasteiger charge is -2.21. The van der Waals surface area contributed by atoms with Crippen molar-refractivity contribution in [1.29, 1.82) is 0 Å². The van der Waals surface area contributed by atoms with Crippen molar-refractivity contribution in [3.8, 4) is 40.2 Å². The van der Waals surface area contributed by atoms with E-state index in [1.54, 1.807) is 32.4 Å². The molecule has 1 aliphatic heterocycles. The van der Waals surface area contributed by atoms with Crippen molar-refractivity contribution in [2.24, 2.45) is 0 Å². The van der Waals surface area contributed by atoms with Gasteiger partial charge in [0.2, 0.25) is 23.5 Å². The van der Waals surface area contributed by atoms with Crippen LogP contribution in [0.3, 0.4) is 0 Å². The predicted molar refractivity (Wildman–Crippen MR) is 188 cm³/mol. The van der Waals surface area contributed by atoms with Crippen molar-refractivity contribution >= 4 is 17.5 Å². The number of aliphatic hydroxyl groups excluding tert-OH is 1. The van der Waals surface area contributed by atoms with E-state index in [0.29, 0.717) is 65.8 Å². The highest BCUT2D eigenvalue weighted by atomic mass is 35.5. The molecule has 4 heterocycles. The lowest BCUT2D eigenvalue weighted by molar-refractivity contribution is -0.139. The Kier molecular flexibility index (Phi) is 11.5. The molecule has 0 unspecified atom stereocenters. The fourth-order valence-electron chi connectivity index (χ4n) is 6.60. The number of hydrogen-bond acceptors (Lipinski definition) is 10. The summed E-state index contributed by atoms with van der Waals surface area (Å²) in [4.78, 5) is 25.0. The maximum Gasteiger partial charge on any atom is 0.421 e. The summed E-state index contributed by atoms with van der Waals surface area (Å²) in [7, 11) is 2.88. The van der Waals surface area contributed by atoms with Crippen LogP contribution in [0.2, 0.25) is 5.02 Å². The number of ether oxygens (including phenoxy) is 3. The van der Waals surface area contributed by atoms with Crippen LogP contribution in [0.1, 0.15) is 60.1 Å². The molecule has 0 bridgehead atoms. The van der Waals surface area contributed by atoms with E-state index >= 15 is 0 Å². The average molecular weight is 741 g/mol. The second-order valence-corrected chi connectivity index (χ2v) is 13.2. The maximum atomic E-state index is 14.3. The number of aromatic nitrogens is 3. The van der Waals surface area contributed by atoms with Crippen LogP contribution in [0.25, 0.3) is 22.5 Å². The Morgan fingerprint density at radius 3 is 2.46 bits per heavy atom. The summed E-state index contributed by atoms with van der Waals surface area (Å²) in [5, 5.41) is 19.1. The van der Waals surface area contributed by atoms with Gasteiger partial charge in [-0.1, -0.05) is 35.9 Å². The lowest BCUT2D eigenvalue weighted by Crippen LogP contribution is -2.35. The molecule has 4 aromatic rings. The molecule has 0 saturated carbocycles. The molecule has 1 fully saturated rings. The molecule has 6 rings (SSSR count). The smallest absolute Gasteiger partial charge is 0.421 e. The van der Waals surface area contributed by atoms with Crippen LogP contribution in [0.4, 0.5) is 13.2 Å². The van der Waals surface area contributed by atoms with Gasteiger partial charge < -0.3 is 35.3 Å². The summed E-state index contributed by atoms with van der Waals surface area (Å²) in [6, 6.07) is 12.1. The zero-order chi connectivity index (χ0) is 37.0. The van der Waals surface area contributed by atoms with Crippen LogP contribution in [0.5, 0.6) is 17.6 Å². The van der Waals surface area contributed by atoms with Gasteiger partial charge in [-0.2, -0.15) is 18.2 Å². The van der Waals surface area contributed by atoms with Crippen molar-refractivity contribution in [3.63, 3.8) is 0 Å². The Labute approximate surface area is 304 Å². The quantitative estimate of drug-likeness (QED) is 0.126. The number of rotatable bonds is 14. The van der Waals surface area contributed by atoms with Gasteiger partial charge in [-0.25, -0.2) is 4.98 Å². The first-order valence-electron chi connectivity index (χ1n) is 17.0. The molecule has 15 heteroatoms. The normalized spacial score (nSPS) is 17.5. The van der Waals surface area contributed by atoms with Crippen molar-refractivity contribution in [3.05, 3.63) is 81.5 Å². The summed E-state index contributed by atoms with van der Waals surface area (Å²) in [5.74, 6) is -0.0810. The molecule has 0 spiro atoms. The molecule has 1 amide bonds. The number of aliphatic hydroxyl groups is 1. The molecule has 1 saturated heterocycles. The molecule has 276 valence electrons. The standard InChI is InChI=1S/C37H40ClF3N6O5/c1-20(48)16-42-18-22-15-28(37(39,40)41)36(47-35(22)51-3)52-30-11-9-24-25(30)5-4-6-26(24)33-32(38)27(13-14-44-33)29-10-7-21(34(46-29)50-2)17-43-19-23-8-12-31(49)45-23/h4-7,10,13-15,20,23,30,42-43,48H,8-9,11-12,16-19H2,1-3H3,(H,45,49)/t20-,23+,30-/m1/s1. The Bertz CT molecular complexity index is 1930. The minimum Gasteiger partial charge on any atom is -0.481 e. The number of benzene rings is 1. The first-order valence-corrected chi connectivity index (χ1v) is 17.4. The minimum atomic E-state index is -4.74. The highest BCUT2D eigenvalue weighted by Crippen LogP contribution is 2.45. The number of fused-ring (bicyclic) bond motifs is 1. The minimum absolute atomic E-state index is 0.00513. The summed E-state index contributed by atoms with van der Waals surface area (Å²) in [6.07, 6.45) is -2.24. The van der Waals surface area contributed by atoms with Gasteiger partial charge in [-0.3, -0.25) is 9.78 Å². The van der Waals surface area contributed by atoms with Crippen molar-refractivity contribution in [2.75, 3.05) is 27.3 Å². The first kappa shape index (κ1) is 37.3. The van der Waals surface area contributed by atoms with E-state index < -0.39 is 29.8 Å². The number of amides is 1. The molecular formula is C37H40ClF3N6O5. The molecule has 4 N–H and O–H groups in total. The Hall–Kier alpha value is -4.50. The molecule has 1 aliphatic carbocycles. The van der Waals surface area contributed by atoms with Gasteiger partial charge in [0.1, 0.15) is 11.7 Å². The van der Waals surface area contributed by atoms with E-state index in [2.05, 4.69) is 25.9 Å². The van der Waals surface area contributed by atoms with Crippen LogP contribution in [0.15, 0.2) is 48.7 Å². The highest BCUT2D eigenvalue weighted by molar-refractivity contribution is 6.35. The Morgan fingerprint density at radius 1 is 0.981 bits per heavy atom. The number of carbonyl (C=O) groups is 1. The summed E-state index contributed by atoms with van der Waals surface area (Å²) in [5.41, 5.74) is 4.05. The van der Waals surface area contributed by atoms with Gasteiger partial charge in [0, 0.05) is 67.1 Å². The number of hydrogen-bond donors (Lipinski definition) is 4. The lowest BCUT2D eigenvalue weighted by atomic mass is 9.98. The Balaban J connectivity index is 1.25. The number of nitrogens with zero attached hydrogens (tertiary/aromatic N) is 3. The van der Waals surface area contributed by atoms with E-state index in [4.69, 9.17) is 30.8 Å². The van der Waals surface area contributed by atoms with Crippen LogP contribution >= 0.6 is 11.6 Å². The molecule has 1 aromatic carbocycles. The van der Waals surface area contributed by atoms with Gasteiger partial charge in [-0.15, -0.1) is 0 Å². The van der Waals surface area contributed by atoms with E-state index in [9.17, 15) is 23.1 Å². The second kappa shape index (κ2) is 16.0. The molecule has 52 heavy (non-hydrogen) atoms. The molecule has 0 radical (unpaired) electrons. The molecule has 11 nitrogen and oxygen atoms in total. The summed E-state index contributed by atoms with van der Waals surface area (Å²) >= 11 is 7.03. The van der Waals surface area contributed by atoms with E-state index in [0.717, 1.165) is 29.2 Å². The summed E-state index contributed by atoms with van der Waals surface area (Å²) in [6.45, 7) is 2.90. The maximum absolute atomic E-state index is 14.3. The zero-order valence-corrected chi connectivity index (χ0v) is 29.7. The fourth-order valence-corrected chi connectivity index (χ4v) is 6.91. The van der Waals surface area contributed by atoms with Gasteiger partial charge in [0.15, 0.2) is 0 Å². The topological polar surface area (TPSA) is 140 Å². The number of halogens is 4. The largest absolute Gasteiger partial charge is 0.481 e. The number of alkyl halides is 3. The number of methoxy groups -OCH3 is 2. The van der Waals surface area contributed by atoms with Crippen LogP contribution < -0.4 is 30.2 Å². The average Bonchev–Trinajstić information content (AvgIpc) is 3.73. The zero-order valence-electron chi connectivity index (χ0n) is 28.9. The molecule has 3 atom stereocenters. The molecule has 2 aliphatic rings. The van der Waals surface area contributed by atoms with Crippen molar-refractivity contribution in [2.45, 2.75) is 70.1 Å². The predicted octanol–water partition coefficient (Wildman–Crippen LogP) is 5.80. The number of carbonyl (C=O) groups excluding carboxylic acids is 1. The Morgan fingerprint density at radius 2 is 1.75 bits per heavy atom. The van der Waals surface area contributed by atoms with Crippen LogP contribution in [-0.4, -0.2) is 65.4 Å². The number of nitrogens with one attached hydrogen (secondary N) is 3. The first-order chi connectivity index (χ1) is 25.0. The molecular weight excluding hydrogens is 701 g/mol. The van der Waals surface area contributed by atoms with Gasteiger partial charge >= 0.3 is 6.18 Å². The highest BCUT2D eigenvalue weighted by Gasteiger charge is 2.39.